The molecular formula is C3H9ClN2OS. The second-order valence-electron chi connectivity index (χ2n) is 1.09. The van der Waals surface area contributed by atoms with Crippen LogP contribution in [0.4, 0.5) is 0 Å². The van der Waals surface area contributed by atoms with Crippen LogP contribution in [0.5, 0.6) is 0 Å². The van der Waals surface area contributed by atoms with E-state index in [2.05, 4.69) is 12.6 Å². The lowest BCUT2D eigenvalue weighted by Gasteiger charge is -1.96. The predicted molar refractivity (Wildman–Crippen MR) is 37.7 cm³/mol. The Morgan fingerprint density at radius 1 is 1.88 bits per heavy atom. The third-order valence-corrected chi connectivity index (χ3v) is 1.16. The van der Waals surface area contributed by atoms with Gasteiger partial charge in [0.05, 0.1) is 6.04 Å². The summed E-state index contributed by atoms with van der Waals surface area (Å²) in [6, 6.07) is -0.606. The Kier molecular flexibility index (Phi) is 7.44. The van der Waals surface area contributed by atoms with Gasteiger partial charge in [-0.1, -0.05) is 0 Å². The number of carbonyl (C=O) groups is 1. The van der Waals surface area contributed by atoms with Crippen LogP contribution in [0, 0.1) is 0 Å². The lowest BCUT2D eigenvalue weighted by molar-refractivity contribution is -0.112. The van der Waals surface area contributed by atoms with Crippen LogP contribution in [0.1, 0.15) is 0 Å². The van der Waals surface area contributed by atoms with Gasteiger partial charge in [0.25, 0.3) is 0 Å². The number of halogens is 1. The fourth-order valence-corrected chi connectivity index (χ4v) is 0.422. The largest absolute Gasteiger partial charge is 0.344 e. The third kappa shape index (κ3) is 4.39. The topological polar surface area (TPSA) is 78.1 Å². The van der Waals surface area contributed by atoms with Crippen LogP contribution >= 0.6 is 24.2 Å². The zero-order valence-corrected chi connectivity index (χ0v) is 5.95. The maximum absolute atomic E-state index is 9.97. The average molecular weight is 157 g/mol. The van der Waals surface area contributed by atoms with Crippen LogP contribution in [0.25, 0.3) is 0 Å². The highest BCUT2D eigenvalue weighted by molar-refractivity contribution is 7.80. The molecule has 0 unspecified atom stereocenters. The summed E-state index contributed by atoms with van der Waals surface area (Å²) in [5.74, 6) is 0.308. The second-order valence-corrected chi connectivity index (χ2v) is 1.83. The molecule has 8 heavy (non-hydrogen) atoms. The van der Waals surface area contributed by atoms with E-state index in [1.807, 2.05) is 0 Å². The zero-order chi connectivity index (χ0) is 5.86. The molecular weight excluding hydrogens is 148 g/mol. The molecule has 0 saturated carbocycles. The van der Waals surface area contributed by atoms with E-state index in [4.69, 9.17) is 17.3 Å². The lowest BCUT2D eigenvalue weighted by Crippen LogP contribution is -2.28. The number of nitrogens with two attached hydrogens (primary N) is 1. The van der Waals surface area contributed by atoms with Gasteiger partial charge in [-0.3, -0.25) is 4.79 Å². The Hall–Kier alpha value is 0.230. The number of carbonyl (C=O) groups excluding carboxylic acids is 1. The van der Waals surface area contributed by atoms with E-state index in [-0.39, 0.29) is 6.15 Å². The summed E-state index contributed by atoms with van der Waals surface area (Å²) in [4.78, 5) is 9.97. The van der Waals surface area contributed by atoms with E-state index in [1.165, 1.54) is 0 Å². The minimum Gasteiger partial charge on any atom is -0.344 e. The maximum Gasteiger partial charge on any atom is 0.239 e. The molecule has 0 aromatic heterocycles. The van der Waals surface area contributed by atoms with Crippen LogP contribution in [-0.4, -0.2) is 17.0 Å². The van der Waals surface area contributed by atoms with Crippen LogP contribution in [0.2, 0.25) is 0 Å². The van der Waals surface area contributed by atoms with Crippen molar-refractivity contribution in [3.8, 4) is 0 Å². The molecule has 0 aromatic rings. The first-order valence-electron chi connectivity index (χ1n) is 1.74. The quantitative estimate of drug-likeness (QED) is 0.394. The van der Waals surface area contributed by atoms with Crippen molar-refractivity contribution in [2.75, 3.05) is 5.75 Å². The Balaban J connectivity index is 0. The molecule has 0 rings (SSSR count). The van der Waals surface area contributed by atoms with Gasteiger partial charge in [-0.05, 0) is 11.6 Å². The van der Waals surface area contributed by atoms with Gasteiger partial charge >= 0.3 is 0 Å². The van der Waals surface area contributed by atoms with Crippen molar-refractivity contribution in [3.05, 3.63) is 0 Å². The summed E-state index contributed by atoms with van der Waals surface area (Å²) in [6.07, 6.45) is 0. The Bertz CT molecular complexity index is 79.7. The fraction of sp³-hybridized carbons (Fsp3) is 0.667. The maximum atomic E-state index is 9.97. The van der Waals surface area contributed by atoms with Crippen molar-refractivity contribution in [3.63, 3.8) is 0 Å². The molecule has 5 N–H and O–H groups in total. The molecule has 5 heteroatoms. The SMILES string of the molecule is N.N[C@@H](CS)C(=O)Cl. The molecule has 0 spiro atoms. The molecule has 3 nitrogen and oxygen atoms in total. The summed E-state index contributed by atoms with van der Waals surface area (Å²) in [6.45, 7) is 0. The van der Waals surface area contributed by atoms with E-state index in [9.17, 15) is 4.79 Å². The van der Waals surface area contributed by atoms with Gasteiger partial charge in [0, 0.05) is 5.75 Å². The summed E-state index contributed by atoms with van der Waals surface area (Å²) in [5, 5.41) is -0.532. The molecule has 0 radical (unpaired) electrons. The first-order chi connectivity index (χ1) is 3.18. The number of hydrogen-bond donors (Lipinski definition) is 3. The van der Waals surface area contributed by atoms with Gasteiger partial charge in [-0.2, -0.15) is 12.6 Å². The molecule has 50 valence electrons. The highest BCUT2D eigenvalue weighted by Gasteiger charge is 2.05. The first kappa shape index (κ1) is 11.1. The van der Waals surface area contributed by atoms with Crippen molar-refractivity contribution in [1.29, 1.82) is 0 Å². The van der Waals surface area contributed by atoms with E-state index in [0.717, 1.165) is 0 Å². The minimum atomic E-state index is -0.606. The number of rotatable bonds is 2. The van der Waals surface area contributed by atoms with Crippen LogP contribution in [0.3, 0.4) is 0 Å². The van der Waals surface area contributed by atoms with Crippen molar-refractivity contribution in [1.82, 2.24) is 6.15 Å². The van der Waals surface area contributed by atoms with Gasteiger partial charge < -0.3 is 11.9 Å². The molecule has 0 aromatic carbocycles. The molecule has 0 bridgehead atoms. The summed E-state index contributed by atoms with van der Waals surface area (Å²) in [5.41, 5.74) is 5.06. The number of hydrogen-bond acceptors (Lipinski definition) is 4. The van der Waals surface area contributed by atoms with Gasteiger partial charge in [0.15, 0.2) is 0 Å². The zero-order valence-electron chi connectivity index (χ0n) is 4.30. The van der Waals surface area contributed by atoms with E-state index in [1.54, 1.807) is 0 Å². The minimum absolute atomic E-state index is 0. The average Bonchev–Trinajstić information content (AvgIpc) is 1.65. The predicted octanol–water partition coefficient (Wildman–Crippen LogP) is 0.171. The van der Waals surface area contributed by atoms with Crippen molar-refractivity contribution in [2.24, 2.45) is 5.73 Å². The van der Waals surface area contributed by atoms with E-state index < -0.39 is 11.3 Å². The summed E-state index contributed by atoms with van der Waals surface area (Å²) < 4.78 is 0. The standard InChI is InChI=1S/C3H6ClNOS.H3N/c4-3(6)2(5)1-7;/h2,7H,1,5H2;1H3/t2-;/m0./s1. The van der Waals surface area contributed by atoms with E-state index >= 15 is 0 Å². The molecule has 0 saturated heterocycles. The third-order valence-electron chi connectivity index (χ3n) is 0.488. The Morgan fingerprint density at radius 2 is 2.25 bits per heavy atom. The molecule has 0 aliphatic carbocycles. The molecule has 0 fully saturated rings. The van der Waals surface area contributed by atoms with Gasteiger partial charge in [-0.25, -0.2) is 0 Å². The van der Waals surface area contributed by atoms with Gasteiger partial charge in [-0.15, -0.1) is 0 Å². The van der Waals surface area contributed by atoms with Crippen LogP contribution in [-0.2, 0) is 4.79 Å². The van der Waals surface area contributed by atoms with Crippen molar-refractivity contribution < 1.29 is 4.79 Å². The second kappa shape index (κ2) is 5.37. The highest BCUT2D eigenvalue weighted by atomic mass is 35.5. The molecule has 0 aliphatic heterocycles. The van der Waals surface area contributed by atoms with Crippen molar-refractivity contribution in [2.45, 2.75) is 6.04 Å². The van der Waals surface area contributed by atoms with Crippen molar-refractivity contribution >= 4 is 29.5 Å². The Morgan fingerprint density at radius 3 is 2.25 bits per heavy atom. The lowest BCUT2D eigenvalue weighted by atomic mass is 10.4. The molecule has 0 amide bonds. The molecule has 1 atom stereocenters. The Labute approximate surface area is 58.6 Å². The highest BCUT2D eigenvalue weighted by Crippen LogP contribution is 1.88. The fourth-order valence-electron chi connectivity index (χ4n) is 0.0718. The number of thiol groups is 1. The molecule has 0 aliphatic rings. The van der Waals surface area contributed by atoms with Crippen LogP contribution < -0.4 is 11.9 Å². The summed E-state index contributed by atoms with van der Waals surface area (Å²) >= 11 is 8.64. The van der Waals surface area contributed by atoms with Crippen LogP contribution in [0.15, 0.2) is 0 Å². The first-order valence-corrected chi connectivity index (χ1v) is 2.75. The monoisotopic (exact) mass is 156 g/mol. The molecule has 0 heterocycles. The van der Waals surface area contributed by atoms with Gasteiger partial charge in [0.1, 0.15) is 0 Å². The normalized spacial score (nSPS) is 11.9. The van der Waals surface area contributed by atoms with E-state index in [0.29, 0.717) is 5.75 Å². The van der Waals surface area contributed by atoms with Gasteiger partial charge in [0.2, 0.25) is 5.24 Å². The smallest absolute Gasteiger partial charge is 0.239 e. The summed E-state index contributed by atoms with van der Waals surface area (Å²) in [7, 11) is 0.